The summed E-state index contributed by atoms with van der Waals surface area (Å²) in [4.78, 5) is 16.6. The number of hydrogen-bond acceptors (Lipinski definition) is 4. The van der Waals surface area contributed by atoms with Crippen LogP contribution in [0.5, 0.6) is 0 Å². The van der Waals surface area contributed by atoms with Gasteiger partial charge in [0.15, 0.2) is 5.82 Å². The molecule has 0 aliphatic carbocycles. The summed E-state index contributed by atoms with van der Waals surface area (Å²) in [7, 11) is 0. The first-order valence-electron chi connectivity index (χ1n) is 7.43. The molecular formula is C18H13N5O. The summed E-state index contributed by atoms with van der Waals surface area (Å²) in [5.74, 6) is 0.440. The van der Waals surface area contributed by atoms with Crippen LogP contribution in [-0.2, 0) is 0 Å². The number of rotatable bonds is 3. The van der Waals surface area contributed by atoms with Crippen molar-refractivity contribution in [3.63, 3.8) is 0 Å². The molecule has 0 spiro atoms. The Morgan fingerprint density at radius 3 is 2.42 bits per heavy atom. The highest BCUT2D eigenvalue weighted by atomic mass is 16.1. The Morgan fingerprint density at radius 1 is 0.875 bits per heavy atom. The van der Waals surface area contributed by atoms with Crippen LogP contribution in [0.15, 0.2) is 78.0 Å². The number of aromatic nitrogens is 5. The SMILES string of the molecule is O=c1c(-c2cccnc2)c[nH]n1-c1ccc(-c2ccccc2)nn1. The smallest absolute Gasteiger partial charge is 0.280 e. The minimum atomic E-state index is -0.190. The Labute approximate surface area is 137 Å². The van der Waals surface area contributed by atoms with Crippen molar-refractivity contribution in [2.24, 2.45) is 0 Å². The van der Waals surface area contributed by atoms with Crippen molar-refractivity contribution in [1.29, 1.82) is 0 Å². The molecule has 0 saturated carbocycles. The van der Waals surface area contributed by atoms with Gasteiger partial charge in [-0.25, -0.2) is 0 Å². The van der Waals surface area contributed by atoms with E-state index in [0.717, 1.165) is 16.8 Å². The Hall–Kier alpha value is -3.54. The third-order valence-corrected chi connectivity index (χ3v) is 3.69. The zero-order chi connectivity index (χ0) is 16.4. The zero-order valence-corrected chi connectivity index (χ0v) is 12.6. The topological polar surface area (TPSA) is 76.5 Å². The molecule has 0 saturated heterocycles. The van der Waals surface area contributed by atoms with Crippen molar-refractivity contribution in [1.82, 2.24) is 25.0 Å². The van der Waals surface area contributed by atoms with Crippen LogP contribution >= 0.6 is 0 Å². The summed E-state index contributed by atoms with van der Waals surface area (Å²) in [6, 6.07) is 17.0. The molecule has 1 N–H and O–H groups in total. The van der Waals surface area contributed by atoms with Crippen molar-refractivity contribution in [3.8, 4) is 28.2 Å². The van der Waals surface area contributed by atoms with Gasteiger partial charge in [0.25, 0.3) is 5.56 Å². The zero-order valence-electron chi connectivity index (χ0n) is 12.6. The largest absolute Gasteiger partial charge is 0.296 e. The fourth-order valence-electron chi connectivity index (χ4n) is 2.48. The molecular weight excluding hydrogens is 302 g/mol. The highest BCUT2D eigenvalue weighted by Gasteiger charge is 2.11. The van der Waals surface area contributed by atoms with Gasteiger partial charge in [-0.1, -0.05) is 36.4 Å². The number of nitrogens with one attached hydrogen (secondary N) is 1. The monoisotopic (exact) mass is 315 g/mol. The van der Waals surface area contributed by atoms with Crippen molar-refractivity contribution in [2.75, 3.05) is 0 Å². The molecule has 3 heterocycles. The minimum absolute atomic E-state index is 0.190. The number of nitrogens with zero attached hydrogens (tertiary/aromatic N) is 4. The van der Waals surface area contributed by atoms with E-state index in [9.17, 15) is 4.79 Å². The minimum Gasteiger partial charge on any atom is -0.296 e. The average molecular weight is 315 g/mol. The van der Waals surface area contributed by atoms with Crippen LogP contribution in [0.2, 0.25) is 0 Å². The van der Waals surface area contributed by atoms with E-state index in [1.807, 2.05) is 42.5 Å². The Kier molecular flexibility index (Phi) is 3.47. The normalized spacial score (nSPS) is 10.7. The Bertz CT molecular complexity index is 1000. The van der Waals surface area contributed by atoms with E-state index >= 15 is 0 Å². The summed E-state index contributed by atoms with van der Waals surface area (Å²) in [5.41, 5.74) is 2.84. The highest BCUT2D eigenvalue weighted by Crippen LogP contribution is 2.17. The molecule has 6 heteroatoms. The predicted molar refractivity (Wildman–Crippen MR) is 90.6 cm³/mol. The van der Waals surface area contributed by atoms with E-state index in [1.165, 1.54) is 4.68 Å². The number of hydrogen-bond donors (Lipinski definition) is 1. The van der Waals surface area contributed by atoms with Gasteiger partial charge in [0.2, 0.25) is 0 Å². The van der Waals surface area contributed by atoms with Crippen molar-refractivity contribution in [2.45, 2.75) is 0 Å². The molecule has 0 unspecified atom stereocenters. The first-order chi connectivity index (χ1) is 11.8. The summed E-state index contributed by atoms with van der Waals surface area (Å²) < 4.78 is 1.37. The standard InChI is InChI=1S/C18H13N5O/c24-18-15(14-7-4-10-19-11-14)12-20-23(18)17-9-8-16(21-22-17)13-5-2-1-3-6-13/h1-12,20H. The van der Waals surface area contributed by atoms with Gasteiger partial charge in [-0.3, -0.25) is 14.9 Å². The van der Waals surface area contributed by atoms with E-state index in [0.29, 0.717) is 11.4 Å². The van der Waals surface area contributed by atoms with Gasteiger partial charge in [-0.15, -0.1) is 10.2 Å². The van der Waals surface area contributed by atoms with E-state index in [4.69, 9.17) is 0 Å². The molecule has 3 aromatic heterocycles. The van der Waals surface area contributed by atoms with Crippen LogP contribution in [0, 0.1) is 0 Å². The molecule has 4 aromatic rings. The number of aromatic amines is 1. The van der Waals surface area contributed by atoms with Gasteiger partial charge in [0, 0.05) is 29.7 Å². The van der Waals surface area contributed by atoms with Gasteiger partial charge in [-0.2, -0.15) is 4.68 Å². The highest BCUT2D eigenvalue weighted by molar-refractivity contribution is 5.61. The molecule has 0 aliphatic heterocycles. The lowest BCUT2D eigenvalue weighted by atomic mass is 10.1. The molecule has 0 fully saturated rings. The quantitative estimate of drug-likeness (QED) is 0.630. The van der Waals surface area contributed by atoms with Crippen LogP contribution in [0.25, 0.3) is 28.2 Å². The third kappa shape index (κ3) is 2.50. The maximum atomic E-state index is 12.6. The summed E-state index contributed by atoms with van der Waals surface area (Å²) in [6.45, 7) is 0. The predicted octanol–water partition coefficient (Wildman–Crippen LogP) is 2.68. The van der Waals surface area contributed by atoms with E-state index in [1.54, 1.807) is 30.7 Å². The molecule has 1 aromatic carbocycles. The second-order valence-electron chi connectivity index (χ2n) is 5.21. The van der Waals surface area contributed by atoms with Crippen LogP contribution in [0.1, 0.15) is 0 Å². The average Bonchev–Trinajstić information content (AvgIpc) is 3.05. The van der Waals surface area contributed by atoms with Crippen molar-refractivity contribution in [3.05, 3.63) is 83.5 Å². The summed E-state index contributed by atoms with van der Waals surface area (Å²) in [5, 5.41) is 11.3. The lowest BCUT2D eigenvalue weighted by Crippen LogP contribution is -2.17. The second kappa shape index (κ2) is 5.92. The Balaban J connectivity index is 1.70. The van der Waals surface area contributed by atoms with Crippen LogP contribution in [0.4, 0.5) is 0 Å². The number of benzene rings is 1. The molecule has 6 nitrogen and oxygen atoms in total. The lowest BCUT2D eigenvalue weighted by molar-refractivity contribution is 0.793. The third-order valence-electron chi connectivity index (χ3n) is 3.69. The molecule has 24 heavy (non-hydrogen) atoms. The summed E-state index contributed by atoms with van der Waals surface area (Å²) >= 11 is 0. The van der Waals surface area contributed by atoms with Crippen molar-refractivity contribution < 1.29 is 0 Å². The summed E-state index contributed by atoms with van der Waals surface area (Å²) in [6.07, 6.45) is 4.97. The van der Waals surface area contributed by atoms with Crippen LogP contribution < -0.4 is 5.56 Å². The molecule has 0 radical (unpaired) electrons. The van der Waals surface area contributed by atoms with E-state index in [-0.39, 0.29) is 5.56 Å². The number of H-pyrrole nitrogens is 1. The lowest BCUT2D eigenvalue weighted by Gasteiger charge is -2.02. The first-order valence-corrected chi connectivity index (χ1v) is 7.43. The van der Waals surface area contributed by atoms with Gasteiger partial charge in [-0.05, 0) is 18.2 Å². The maximum absolute atomic E-state index is 12.6. The van der Waals surface area contributed by atoms with Gasteiger partial charge >= 0.3 is 0 Å². The first kappa shape index (κ1) is 14.1. The van der Waals surface area contributed by atoms with E-state index in [2.05, 4.69) is 20.3 Å². The molecule has 0 bridgehead atoms. The van der Waals surface area contributed by atoms with E-state index < -0.39 is 0 Å². The second-order valence-corrected chi connectivity index (χ2v) is 5.21. The van der Waals surface area contributed by atoms with Gasteiger partial charge < -0.3 is 0 Å². The van der Waals surface area contributed by atoms with Gasteiger partial charge in [0.05, 0.1) is 11.3 Å². The fourth-order valence-corrected chi connectivity index (χ4v) is 2.48. The molecule has 0 amide bonds. The Morgan fingerprint density at radius 2 is 1.71 bits per heavy atom. The van der Waals surface area contributed by atoms with Crippen molar-refractivity contribution >= 4 is 0 Å². The molecule has 0 atom stereocenters. The maximum Gasteiger partial charge on any atom is 0.280 e. The molecule has 0 aliphatic rings. The molecule has 116 valence electrons. The fraction of sp³-hybridized carbons (Fsp3) is 0. The molecule has 4 rings (SSSR count). The van der Waals surface area contributed by atoms with Crippen LogP contribution in [-0.4, -0.2) is 25.0 Å². The van der Waals surface area contributed by atoms with Crippen LogP contribution in [0.3, 0.4) is 0 Å². The number of pyridine rings is 1. The van der Waals surface area contributed by atoms with Gasteiger partial charge in [0.1, 0.15) is 0 Å².